The van der Waals surface area contributed by atoms with E-state index in [-0.39, 0.29) is 0 Å². The number of hydrogen-bond donors (Lipinski definition) is 1. The van der Waals surface area contributed by atoms with E-state index in [1.807, 2.05) is 32.0 Å². The number of aryl methyl sites for hydroxylation is 1. The molecule has 0 aliphatic rings. The Hall–Kier alpha value is -1.68. The van der Waals surface area contributed by atoms with Crippen LogP contribution in [0.15, 0.2) is 18.2 Å². The summed E-state index contributed by atoms with van der Waals surface area (Å²) in [5, 5.41) is 0.853. The SMILES string of the molecule is CCOc1ccc(-c2c(N)sc(C)c2C)cc1OCC. The number of nitrogen functional groups attached to an aromatic ring is 1. The van der Waals surface area contributed by atoms with Gasteiger partial charge in [-0.15, -0.1) is 11.3 Å². The lowest BCUT2D eigenvalue weighted by Crippen LogP contribution is -1.98. The Kier molecular flexibility index (Phi) is 4.55. The second-order valence-corrected chi connectivity index (χ2v) is 5.81. The Labute approximate surface area is 124 Å². The highest BCUT2D eigenvalue weighted by molar-refractivity contribution is 7.16. The molecule has 0 saturated carbocycles. The Morgan fingerprint density at radius 3 is 2.25 bits per heavy atom. The molecule has 0 unspecified atom stereocenters. The van der Waals surface area contributed by atoms with Crippen LogP contribution in [0.2, 0.25) is 0 Å². The summed E-state index contributed by atoms with van der Waals surface area (Å²) >= 11 is 1.63. The van der Waals surface area contributed by atoms with E-state index >= 15 is 0 Å². The van der Waals surface area contributed by atoms with Crippen molar-refractivity contribution in [2.75, 3.05) is 18.9 Å². The maximum absolute atomic E-state index is 6.14. The van der Waals surface area contributed by atoms with Gasteiger partial charge in [-0.3, -0.25) is 0 Å². The first-order valence-electron chi connectivity index (χ1n) is 6.83. The summed E-state index contributed by atoms with van der Waals surface area (Å²) in [4.78, 5) is 1.25. The van der Waals surface area contributed by atoms with E-state index in [1.165, 1.54) is 10.4 Å². The van der Waals surface area contributed by atoms with Crippen molar-refractivity contribution in [2.45, 2.75) is 27.7 Å². The first-order chi connectivity index (χ1) is 9.58. The molecule has 2 N–H and O–H groups in total. The van der Waals surface area contributed by atoms with Gasteiger partial charge in [0.15, 0.2) is 11.5 Å². The highest BCUT2D eigenvalue weighted by Gasteiger charge is 2.14. The average Bonchev–Trinajstić information content (AvgIpc) is 2.66. The van der Waals surface area contributed by atoms with Gasteiger partial charge in [-0.25, -0.2) is 0 Å². The van der Waals surface area contributed by atoms with Crippen molar-refractivity contribution in [3.8, 4) is 22.6 Å². The molecule has 1 aromatic carbocycles. The molecule has 3 nitrogen and oxygen atoms in total. The molecule has 0 saturated heterocycles. The van der Waals surface area contributed by atoms with Gasteiger partial charge in [-0.2, -0.15) is 0 Å². The van der Waals surface area contributed by atoms with E-state index in [0.717, 1.165) is 27.6 Å². The second kappa shape index (κ2) is 6.18. The summed E-state index contributed by atoms with van der Waals surface area (Å²) in [7, 11) is 0. The molecule has 4 heteroatoms. The minimum atomic E-state index is 0.612. The number of nitrogens with two attached hydrogens (primary N) is 1. The lowest BCUT2D eigenvalue weighted by atomic mass is 10.0. The molecule has 0 amide bonds. The largest absolute Gasteiger partial charge is 0.490 e. The van der Waals surface area contributed by atoms with Crippen molar-refractivity contribution in [1.29, 1.82) is 0 Å². The van der Waals surface area contributed by atoms with Gasteiger partial charge in [0.1, 0.15) is 0 Å². The van der Waals surface area contributed by atoms with Crippen LogP contribution in [0.1, 0.15) is 24.3 Å². The topological polar surface area (TPSA) is 44.5 Å². The smallest absolute Gasteiger partial charge is 0.161 e. The highest BCUT2D eigenvalue weighted by Crippen LogP contribution is 2.41. The van der Waals surface area contributed by atoms with Crippen LogP contribution in [0.3, 0.4) is 0 Å². The number of ether oxygens (including phenoxy) is 2. The van der Waals surface area contributed by atoms with E-state index in [2.05, 4.69) is 13.8 Å². The Morgan fingerprint density at radius 2 is 1.70 bits per heavy atom. The molecular formula is C16H21NO2S. The van der Waals surface area contributed by atoms with Crippen LogP contribution in [0.5, 0.6) is 11.5 Å². The summed E-state index contributed by atoms with van der Waals surface area (Å²) < 4.78 is 11.3. The summed E-state index contributed by atoms with van der Waals surface area (Å²) in [6, 6.07) is 6.01. The molecule has 0 fully saturated rings. The van der Waals surface area contributed by atoms with Crippen molar-refractivity contribution in [3.63, 3.8) is 0 Å². The predicted molar refractivity (Wildman–Crippen MR) is 86.0 cm³/mol. The molecule has 1 aromatic heterocycles. The molecule has 2 aromatic rings. The quantitative estimate of drug-likeness (QED) is 0.887. The van der Waals surface area contributed by atoms with Crippen LogP contribution in [0, 0.1) is 13.8 Å². The average molecular weight is 291 g/mol. The monoisotopic (exact) mass is 291 g/mol. The minimum Gasteiger partial charge on any atom is -0.490 e. The molecule has 0 aliphatic heterocycles. The van der Waals surface area contributed by atoms with E-state index in [0.29, 0.717) is 13.2 Å². The van der Waals surface area contributed by atoms with E-state index in [1.54, 1.807) is 11.3 Å². The van der Waals surface area contributed by atoms with Crippen LogP contribution < -0.4 is 15.2 Å². The van der Waals surface area contributed by atoms with Crippen molar-refractivity contribution >= 4 is 16.3 Å². The molecule has 0 radical (unpaired) electrons. The summed E-state index contributed by atoms with van der Waals surface area (Å²) in [5.74, 6) is 1.55. The van der Waals surface area contributed by atoms with E-state index in [4.69, 9.17) is 15.2 Å². The van der Waals surface area contributed by atoms with Crippen molar-refractivity contribution in [1.82, 2.24) is 0 Å². The molecule has 20 heavy (non-hydrogen) atoms. The lowest BCUT2D eigenvalue weighted by molar-refractivity contribution is 0.288. The van der Waals surface area contributed by atoms with Gasteiger partial charge in [-0.05, 0) is 51.0 Å². The van der Waals surface area contributed by atoms with Gasteiger partial charge in [-0.1, -0.05) is 6.07 Å². The van der Waals surface area contributed by atoms with Gasteiger partial charge in [0.2, 0.25) is 0 Å². The Balaban J connectivity index is 2.49. The van der Waals surface area contributed by atoms with Crippen molar-refractivity contribution in [2.24, 2.45) is 0 Å². The predicted octanol–water partition coefficient (Wildman–Crippen LogP) is 4.41. The first kappa shape index (κ1) is 14.7. The maximum atomic E-state index is 6.14. The first-order valence-corrected chi connectivity index (χ1v) is 7.65. The van der Waals surface area contributed by atoms with Gasteiger partial charge < -0.3 is 15.2 Å². The van der Waals surface area contributed by atoms with E-state index < -0.39 is 0 Å². The second-order valence-electron chi connectivity index (χ2n) is 4.55. The molecule has 2 rings (SSSR count). The number of rotatable bonds is 5. The zero-order chi connectivity index (χ0) is 14.7. The van der Waals surface area contributed by atoms with Gasteiger partial charge in [0, 0.05) is 10.4 Å². The molecule has 1 heterocycles. The molecule has 0 spiro atoms. The van der Waals surface area contributed by atoms with Crippen LogP contribution in [0.25, 0.3) is 11.1 Å². The normalized spacial score (nSPS) is 10.6. The van der Waals surface area contributed by atoms with Crippen LogP contribution in [-0.2, 0) is 0 Å². The molecule has 0 bridgehead atoms. The van der Waals surface area contributed by atoms with E-state index in [9.17, 15) is 0 Å². The highest BCUT2D eigenvalue weighted by atomic mass is 32.1. The standard InChI is InChI=1S/C16H21NO2S/c1-5-18-13-8-7-12(9-14(13)19-6-2)15-10(3)11(4)20-16(15)17/h7-9H,5-6,17H2,1-4H3. The third kappa shape index (κ3) is 2.75. The number of anilines is 1. The zero-order valence-electron chi connectivity index (χ0n) is 12.4. The maximum Gasteiger partial charge on any atom is 0.161 e. The molecule has 108 valence electrons. The number of benzene rings is 1. The fourth-order valence-electron chi connectivity index (χ4n) is 2.22. The Bertz CT molecular complexity index is 605. The van der Waals surface area contributed by atoms with Gasteiger partial charge in [0.05, 0.1) is 18.2 Å². The fourth-order valence-corrected chi connectivity index (χ4v) is 3.18. The number of thiophene rings is 1. The minimum absolute atomic E-state index is 0.612. The van der Waals surface area contributed by atoms with Crippen LogP contribution in [-0.4, -0.2) is 13.2 Å². The zero-order valence-corrected chi connectivity index (χ0v) is 13.3. The Morgan fingerprint density at radius 1 is 1.05 bits per heavy atom. The third-order valence-corrected chi connectivity index (χ3v) is 4.28. The van der Waals surface area contributed by atoms with Crippen molar-refractivity contribution < 1.29 is 9.47 Å². The van der Waals surface area contributed by atoms with Crippen molar-refractivity contribution in [3.05, 3.63) is 28.6 Å². The fraction of sp³-hybridized carbons (Fsp3) is 0.375. The van der Waals surface area contributed by atoms with Gasteiger partial charge >= 0.3 is 0 Å². The van der Waals surface area contributed by atoms with Gasteiger partial charge in [0.25, 0.3) is 0 Å². The third-order valence-electron chi connectivity index (χ3n) is 3.24. The summed E-state index contributed by atoms with van der Waals surface area (Å²) in [5.41, 5.74) is 9.56. The summed E-state index contributed by atoms with van der Waals surface area (Å²) in [6.45, 7) is 9.37. The molecule has 0 aliphatic carbocycles. The number of hydrogen-bond acceptors (Lipinski definition) is 4. The lowest BCUT2D eigenvalue weighted by Gasteiger charge is -2.13. The van der Waals surface area contributed by atoms with Crippen LogP contribution in [0.4, 0.5) is 5.00 Å². The molecular weight excluding hydrogens is 270 g/mol. The van der Waals surface area contributed by atoms with Crippen LogP contribution >= 0.6 is 11.3 Å². The summed E-state index contributed by atoms with van der Waals surface area (Å²) in [6.07, 6.45) is 0. The molecule has 0 atom stereocenters.